The third kappa shape index (κ3) is 4.86. The summed E-state index contributed by atoms with van der Waals surface area (Å²) in [6.45, 7) is 3.64. The van der Waals surface area contributed by atoms with E-state index in [-0.39, 0.29) is 0 Å². The minimum Gasteiger partial charge on any atom is -0.324 e. The van der Waals surface area contributed by atoms with Crippen LogP contribution < -0.4 is 10.6 Å². The summed E-state index contributed by atoms with van der Waals surface area (Å²) >= 11 is 0. The summed E-state index contributed by atoms with van der Waals surface area (Å²) < 4.78 is 0. The predicted molar refractivity (Wildman–Crippen MR) is 132 cm³/mol. The molecule has 0 aromatic heterocycles. The van der Waals surface area contributed by atoms with Gasteiger partial charge in [0.1, 0.15) is 11.6 Å². The number of carbonyl (C=O) groups is 3. The van der Waals surface area contributed by atoms with Crippen molar-refractivity contribution in [2.24, 2.45) is 0 Å². The average Bonchev–Trinajstić information content (AvgIpc) is 3.08. The molecule has 1 aliphatic rings. The maximum Gasteiger partial charge on any atom is 0.325 e. The Morgan fingerprint density at radius 1 is 0.853 bits per heavy atom. The van der Waals surface area contributed by atoms with Crippen molar-refractivity contribution < 1.29 is 14.4 Å². The topological polar surface area (TPSA) is 78.5 Å². The highest BCUT2D eigenvalue weighted by atomic mass is 16.2. The molecule has 0 bridgehead atoms. The van der Waals surface area contributed by atoms with Gasteiger partial charge in [-0.3, -0.25) is 9.59 Å². The zero-order valence-corrected chi connectivity index (χ0v) is 19.5. The van der Waals surface area contributed by atoms with Gasteiger partial charge in [-0.05, 0) is 42.2 Å². The number of hydrogen-bond donors (Lipinski definition) is 2. The molecule has 4 rings (SSSR count). The molecule has 2 N–H and O–H groups in total. The van der Waals surface area contributed by atoms with Crippen LogP contribution in [0.4, 0.5) is 10.5 Å². The molecule has 174 valence electrons. The van der Waals surface area contributed by atoms with Gasteiger partial charge >= 0.3 is 6.03 Å². The van der Waals surface area contributed by atoms with Crippen molar-refractivity contribution in [3.63, 3.8) is 0 Å². The van der Waals surface area contributed by atoms with Crippen molar-refractivity contribution in [2.45, 2.75) is 44.7 Å². The predicted octanol–water partition coefficient (Wildman–Crippen LogP) is 4.35. The van der Waals surface area contributed by atoms with E-state index in [0.29, 0.717) is 18.5 Å². The van der Waals surface area contributed by atoms with Crippen molar-refractivity contribution in [3.8, 4) is 0 Å². The van der Waals surface area contributed by atoms with Crippen molar-refractivity contribution in [2.75, 3.05) is 5.32 Å². The van der Waals surface area contributed by atoms with Gasteiger partial charge < -0.3 is 10.6 Å². The second-order valence-electron chi connectivity index (χ2n) is 8.73. The van der Waals surface area contributed by atoms with Crippen molar-refractivity contribution in [3.05, 3.63) is 102 Å². The number of nitrogens with zero attached hydrogens (tertiary/aromatic N) is 1. The number of amides is 4. The van der Waals surface area contributed by atoms with E-state index in [1.54, 1.807) is 6.92 Å². The van der Waals surface area contributed by atoms with Crippen LogP contribution in [-0.4, -0.2) is 34.3 Å². The largest absolute Gasteiger partial charge is 0.325 e. The first-order valence-electron chi connectivity index (χ1n) is 11.6. The summed E-state index contributed by atoms with van der Waals surface area (Å²) in [5.74, 6) is -0.808. The maximum atomic E-state index is 13.8. The van der Waals surface area contributed by atoms with Gasteiger partial charge in [0.2, 0.25) is 5.91 Å². The Bertz CT molecular complexity index is 1120. The molecule has 0 saturated carbocycles. The number of urea groups is 1. The molecule has 0 unspecified atom stereocenters. The number of benzene rings is 3. The molecular weight excluding hydrogens is 426 g/mol. The Labute approximate surface area is 200 Å². The highest BCUT2D eigenvalue weighted by molar-refractivity contribution is 6.11. The monoisotopic (exact) mass is 455 g/mol. The average molecular weight is 456 g/mol. The second kappa shape index (κ2) is 9.91. The van der Waals surface area contributed by atoms with Gasteiger partial charge in [-0.25, -0.2) is 9.69 Å². The third-order valence-electron chi connectivity index (χ3n) is 6.29. The van der Waals surface area contributed by atoms with Crippen LogP contribution in [0.2, 0.25) is 0 Å². The maximum absolute atomic E-state index is 13.8. The van der Waals surface area contributed by atoms with E-state index < -0.39 is 29.4 Å². The molecule has 1 heterocycles. The first-order chi connectivity index (χ1) is 16.4. The molecular formula is C28H29N3O3. The summed E-state index contributed by atoms with van der Waals surface area (Å²) in [4.78, 5) is 40.9. The molecule has 3 aromatic carbocycles. The number of aryl methyl sites for hydroxylation is 1. The van der Waals surface area contributed by atoms with E-state index in [1.807, 2.05) is 84.9 Å². The summed E-state index contributed by atoms with van der Waals surface area (Å²) in [7, 11) is 0. The van der Waals surface area contributed by atoms with Crippen LogP contribution in [0.3, 0.4) is 0 Å². The molecule has 3 aromatic rings. The molecule has 34 heavy (non-hydrogen) atoms. The highest BCUT2D eigenvalue weighted by Gasteiger charge is 2.53. The Balaban J connectivity index is 1.58. The lowest BCUT2D eigenvalue weighted by atomic mass is 9.84. The number of imide groups is 1. The molecule has 0 aliphatic carbocycles. The lowest BCUT2D eigenvalue weighted by Gasteiger charge is -2.28. The molecule has 6 nitrogen and oxygen atoms in total. The summed E-state index contributed by atoms with van der Waals surface area (Å²) in [5, 5.41) is 5.76. The van der Waals surface area contributed by atoms with Gasteiger partial charge in [-0.1, -0.05) is 79.7 Å². The number of carbonyl (C=O) groups excluding carboxylic acids is 3. The Kier molecular flexibility index (Phi) is 6.77. The Hall–Kier alpha value is -3.93. The minimum atomic E-state index is -1.17. The van der Waals surface area contributed by atoms with E-state index in [4.69, 9.17) is 0 Å². The molecule has 1 aliphatic heterocycles. The van der Waals surface area contributed by atoms with Crippen LogP contribution in [-0.2, 0) is 28.9 Å². The second-order valence-corrected chi connectivity index (χ2v) is 8.73. The van der Waals surface area contributed by atoms with E-state index >= 15 is 0 Å². The number of anilines is 1. The normalized spacial score (nSPS) is 15.6. The molecule has 1 fully saturated rings. The summed E-state index contributed by atoms with van der Waals surface area (Å²) in [5.41, 5.74) is 2.48. The first-order valence-corrected chi connectivity index (χ1v) is 11.6. The smallest absolute Gasteiger partial charge is 0.324 e. The summed E-state index contributed by atoms with van der Waals surface area (Å²) in [6.07, 6.45) is 1.56. The van der Waals surface area contributed by atoms with E-state index in [9.17, 15) is 14.4 Å². The first kappa shape index (κ1) is 23.2. The number of hydrogen-bond acceptors (Lipinski definition) is 3. The van der Waals surface area contributed by atoms with Crippen molar-refractivity contribution in [1.29, 1.82) is 0 Å². The minimum absolute atomic E-state index is 0.330. The fraction of sp³-hybridized carbons (Fsp3) is 0.250. The lowest BCUT2D eigenvalue weighted by Crippen LogP contribution is -2.52. The van der Waals surface area contributed by atoms with Crippen LogP contribution in [0, 0.1) is 0 Å². The van der Waals surface area contributed by atoms with Crippen LogP contribution in [0.25, 0.3) is 0 Å². The fourth-order valence-corrected chi connectivity index (χ4v) is 4.37. The molecule has 6 heteroatoms. The van der Waals surface area contributed by atoms with E-state index in [0.717, 1.165) is 28.0 Å². The van der Waals surface area contributed by atoms with Gasteiger partial charge in [0.15, 0.2) is 0 Å². The number of rotatable bonds is 8. The van der Waals surface area contributed by atoms with Crippen LogP contribution >= 0.6 is 0 Å². The van der Waals surface area contributed by atoms with Crippen LogP contribution in [0.5, 0.6) is 0 Å². The standard InChI is InChI=1S/C28H29N3O3/c1-3-21-14-16-24(17-15-21)29-25(32)20(2)31-26(33)28(30-27(31)34,18-22-10-6-4-7-11-22)19-23-12-8-5-9-13-23/h4-17,20H,3,18-19H2,1-2H3,(H,29,32)(H,30,34)/t20-/m1/s1. The van der Waals surface area contributed by atoms with Gasteiger partial charge in [0.25, 0.3) is 5.91 Å². The van der Waals surface area contributed by atoms with Crippen LogP contribution in [0.15, 0.2) is 84.9 Å². The highest BCUT2D eigenvalue weighted by Crippen LogP contribution is 2.29. The molecule has 1 atom stereocenters. The zero-order valence-electron chi connectivity index (χ0n) is 19.5. The molecule has 4 amide bonds. The van der Waals surface area contributed by atoms with Gasteiger partial charge in [0, 0.05) is 18.5 Å². The van der Waals surface area contributed by atoms with Gasteiger partial charge in [-0.15, -0.1) is 0 Å². The molecule has 0 radical (unpaired) electrons. The van der Waals surface area contributed by atoms with Gasteiger partial charge in [0.05, 0.1) is 0 Å². The fourth-order valence-electron chi connectivity index (χ4n) is 4.37. The Morgan fingerprint density at radius 3 is 1.88 bits per heavy atom. The SMILES string of the molecule is CCc1ccc(NC(=O)[C@@H](C)N2C(=O)NC(Cc3ccccc3)(Cc3ccccc3)C2=O)cc1. The van der Waals surface area contributed by atoms with Crippen LogP contribution in [0.1, 0.15) is 30.5 Å². The van der Waals surface area contributed by atoms with Crippen molar-refractivity contribution >= 4 is 23.5 Å². The quantitative estimate of drug-likeness (QED) is 0.496. The third-order valence-corrected chi connectivity index (χ3v) is 6.29. The van der Waals surface area contributed by atoms with Gasteiger partial charge in [-0.2, -0.15) is 0 Å². The Morgan fingerprint density at radius 2 is 1.38 bits per heavy atom. The summed E-state index contributed by atoms with van der Waals surface area (Å²) in [6, 6.07) is 25.2. The van der Waals surface area contributed by atoms with E-state index in [1.165, 1.54) is 0 Å². The van der Waals surface area contributed by atoms with Crippen molar-refractivity contribution in [1.82, 2.24) is 10.2 Å². The zero-order chi connectivity index (χ0) is 24.1. The number of nitrogens with one attached hydrogen (secondary N) is 2. The molecule has 1 saturated heterocycles. The lowest BCUT2D eigenvalue weighted by molar-refractivity contribution is -0.136. The molecule has 0 spiro atoms. The van der Waals surface area contributed by atoms with E-state index in [2.05, 4.69) is 17.6 Å².